The van der Waals surface area contributed by atoms with Crippen LogP contribution in [0.4, 0.5) is 51.2 Å². The molecule has 2 heterocycles. The van der Waals surface area contributed by atoms with Gasteiger partial charge in [0.15, 0.2) is 0 Å². The highest BCUT2D eigenvalue weighted by Gasteiger charge is 2.23. The number of thiophene rings is 2. The topological polar surface area (TPSA) is 9.72 Å². The second kappa shape index (κ2) is 16.4. The maximum Gasteiger partial charge on any atom is 0.0485 e. The number of aryl methyl sites for hydroxylation is 3. The first-order chi connectivity index (χ1) is 32.4. The van der Waals surface area contributed by atoms with Crippen LogP contribution in [0.5, 0.6) is 0 Å². The van der Waals surface area contributed by atoms with Gasteiger partial charge in [0.05, 0.1) is 0 Å². The molecule has 0 spiro atoms. The fourth-order valence-corrected chi connectivity index (χ4v) is 12.1. The lowest BCUT2D eigenvalue weighted by atomic mass is 10.0. The van der Waals surface area contributed by atoms with E-state index in [1.54, 1.807) is 0 Å². The highest BCUT2D eigenvalue weighted by atomic mass is 32.1. The van der Waals surface area contributed by atoms with E-state index in [0.717, 1.165) is 51.2 Å². The lowest BCUT2D eigenvalue weighted by molar-refractivity contribution is 1.22. The standard InChI is InChI=1S/C61H45N3S2/c1-40-15-14-21-46(31-40)62(44-17-6-4-7-18-44)49-32-41(2)34-51(36-49)64(48-27-30-60-57(39-48)55-28-25-43-16-10-11-22-53(43)61(55)66-60)52-35-42(3)33-50(37-52)63(45-19-8-5-9-20-45)47-26-29-59-56(38-47)54-23-12-13-24-58(54)65-59/h4-39H,1-3H3. The van der Waals surface area contributed by atoms with Gasteiger partial charge in [-0.3, -0.25) is 0 Å². The van der Waals surface area contributed by atoms with E-state index in [1.165, 1.54) is 67.8 Å². The average molecular weight is 884 g/mol. The monoisotopic (exact) mass is 883 g/mol. The molecule has 316 valence electrons. The van der Waals surface area contributed by atoms with Crippen LogP contribution in [0.25, 0.3) is 51.1 Å². The summed E-state index contributed by atoms with van der Waals surface area (Å²) in [7, 11) is 0. The van der Waals surface area contributed by atoms with Gasteiger partial charge in [-0.15, -0.1) is 22.7 Å². The molecule has 0 aliphatic rings. The summed E-state index contributed by atoms with van der Waals surface area (Å²) in [6.07, 6.45) is 0. The first-order valence-corrected chi connectivity index (χ1v) is 24.1. The van der Waals surface area contributed by atoms with E-state index < -0.39 is 0 Å². The molecule has 10 aromatic carbocycles. The Labute approximate surface area is 393 Å². The van der Waals surface area contributed by atoms with Gasteiger partial charge in [-0.1, -0.05) is 103 Å². The molecule has 0 atom stereocenters. The molecule has 12 aromatic rings. The Hall–Kier alpha value is -7.70. The third kappa shape index (κ3) is 7.14. The fraction of sp³-hybridized carbons (Fsp3) is 0.0492. The highest BCUT2D eigenvalue weighted by molar-refractivity contribution is 7.26. The minimum Gasteiger partial charge on any atom is -0.310 e. The van der Waals surface area contributed by atoms with Crippen molar-refractivity contribution in [2.75, 3.05) is 14.7 Å². The highest BCUT2D eigenvalue weighted by Crippen LogP contribution is 2.47. The second-order valence-electron chi connectivity index (χ2n) is 17.3. The molecule has 0 N–H and O–H groups in total. The van der Waals surface area contributed by atoms with Gasteiger partial charge in [-0.25, -0.2) is 0 Å². The summed E-state index contributed by atoms with van der Waals surface area (Å²) in [5.74, 6) is 0. The van der Waals surface area contributed by atoms with Crippen molar-refractivity contribution in [2.24, 2.45) is 0 Å². The largest absolute Gasteiger partial charge is 0.310 e. The van der Waals surface area contributed by atoms with Gasteiger partial charge in [-0.05, 0) is 163 Å². The molecule has 0 fully saturated rings. The summed E-state index contributed by atoms with van der Waals surface area (Å²) in [5, 5.41) is 7.68. The smallest absolute Gasteiger partial charge is 0.0485 e. The zero-order valence-electron chi connectivity index (χ0n) is 36.9. The summed E-state index contributed by atoms with van der Waals surface area (Å²) >= 11 is 3.74. The summed E-state index contributed by atoms with van der Waals surface area (Å²) < 4.78 is 5.20. The number of hydrogen-bond donors (Lipinski definition) is 0. The van der Waals surface area contributed by atoms with Gasteiger partial charge < -0.3 is 14.7 Å². The Bertz CT molecular complexity index is 3780. The van der Waals surface area contributed by atoms with Crippen LogP contribution in [0.1, 0.15) is 16.7 Å². The van der Waals surface area contributed by atoms with Crippen molar-refractivity contribution in [2.45, 2.75) is 20.8 Å². The van der Waals surface area contributed by atoms with E-state index >= 15 is 0 Å². The average Bonchev–Trinajstić information content (AvgIpc) is 3.91. The van der Waals surface area contributed by atoms with Gasteiger partial charge in [0.2, 0.25) is 0 Å². The predicted octanol–water partition coefficient (Wildman–Crippen LogP) is 18.9. The molecule has 66 heavy (non-hydrogen) atoms. The molecule has 0 bridgehead atoms. The number of fused-ring (bicyclic) bond motifs is 8. The van der Waals surface area contributed by atoms with Crippen molar-refractivity contribution in [1.29, 1.82) is 0 Å². The zero-order chi connectivity index (χ0) is 44.3. The van der Waals surface area contributed by atoms with Crippen LogP contribution in [-0.2, 0) is 0 Å². The van der Waals surface area contributed by atoms with Gasteiger partial charge in [0, 0.05) is 91.5 Å². The second-order valence-corrected chi connectivity index (χ2v) is 19.4. The van der Waals surface area contributed by atoms with Gasteiger partial charge >= 0.3 is 0 Å². The molecule has 0 saturated heterocycles. The van der Waals surface area contributed by atoms with Crippen molar-refractivity contribution >= 4 is 125 Å². The molecular formula is C61H45N3S2. The van der Waals surface area contributed by atoms with Crippen LogP contribution >= 0.6 is 22.7 Å². The van der Waals surface area contributed by atoms with Crippen LogP contribution in [0.3, 0.4) is 0 Å². The maximum absolute atomic E-state index is 2.47. The molecule has 0 aliphatic carbocycles. The summed E-state index contributed by atoms with van der Waals surface area (Å²) in [4.78, 5) is 7.26. The van der Waals surface area contributed by atoms with Crippen LogP contribution in [-0.4, -0.2) is 0 Å². The molecule has 0 radical (unpaired) electrons. The van der Waals surface area contributed by atoms with E-state index in [0.29, 0.717) is 0 Å². The van der Waals surface area contributed by atoms with E-state index in [2.05, 4.69) is 254 Å². The molecule has 0 aliphatic heterocycles. The number of nitrogens with zero attached hydrogens (tertiary/aromatic N) is 3. The molecule has 3 nitrogen and oxygen atoms in total. The van der Waals surface area contributed by atoms with Gasteiger partial charge in [-0.2, -0.15) is 0 Å². The Balaban J connectivity index is 1.09. The molecule has 0 amide bonds. The maximum atomic E-state index is 2.47. The SMILES string of the molecule is Cc1cccc(N(c2ccccc2)c2cc(C)cc(N(c3cc(C)cc(N(c4ccccc4)c4ccc5sc6ccccc6c5c4)c3)c3ccc4sc5c6ccccc6ccc5c4c3)c2)c1. The molecule has 0 unspecified atom stereocenters. The third-order valence-corrected chi connectivity index (χ3v) is 15.0. The van der Waals surface area contributed by atoms with Crippen molar-refractivity contribution in [3.8, 4) is 0 Å². The van der Waals surface area contributed by atoms with Crippen LogP contribution in [0.2, 0.25) is 0 Å². The van der Waals surface area contributed by atoms with Gasteiger partial charge in [0.1, 0.15) is 0 Å². The van der Waals surface area contributed by atoms with Crippen molar-refractivity contribution in [3.63, 3.8) is 0 Å². The third-order valence-electron chi connectivity index (χ3n) is 12.6. The zero-order valence-corrected chi connectivity index (χ0v) is 38.6. The normalized spacial score (nSPS) is 11.6. The minimum absolute atomic E-state index is 1.08. The van der Waals surface area contributed by atoms with Crippen LogP contribution < -0.4 is 14.7 Å². The number of rotatable bonds is 9. The van der Waals surface area contributed by atoms with Crippen LogP contribution in [0.15, 0.2) is 218 Å². The summed E-state index contributed by atoms with van der Waals surface area (Å²) in [6.45, 7) is 6.60. The van der Waals surface area contributed by atoms with Crippen LogP contribution in [0, 0.1) is 20.8 Å². The molecular weight excluding hydrogens is 839 g/mol. The quantitative estimate of drug-likeness (QED) is 0.143. The predicted molar refractivity (Wildman–Crippen MR) is 288 cm³/mol. The number of benzene rings is 10. The van der Waals surface area contributed by atoms with E-state index in [1.807, 2.05) is 22.7 Å². The fourth-order valence-electron chi connectivity index (χ4n) is 9.75. The van der Waals surface area contributed by atoms with E-state index in [9.17, 15) is 0 Å². The Morgan fingerprint density at radius 1 is 0.258 bits per heavy atom. The Morgan fingerprint density at radius 3 is 1.32 bits per heavy atom. The molecule has 0 saturated carbocycles. The Kier molecular flexibility index (Phi) is 9.89. The van der Waals surface area contributed by atoms with Crippen molar-refractivity contribution in [1.82, 2.24) is 0 Å². The van der Waals surface area contributed by atoms with E-state index in [-0.39, 0.29) is 0 Å². The first kappa shape index (κ1) is 39.9. The summed E-state index contributed by atoms with van der Waals surface area (Å²) in [6, 6.07) is 80.4. The van der Waals surface area contributed by atoms with Crippen molar-refractivity contribution < 1.29 is 0 Å². The number of anilines is 9. The van der Waals surface area contributed by atoms with Gasteiger partial charge in [0.25, 0.3) is 0 Å². The van der Waals surface area contributed by atoms with Crippen molar-refractivity contribution in [3.05, 3.63) is 235 Å². The lowest BCUT2D eigenvalue weighted by Gasteiger charge is -2.32. The molecule has 2 aromatic heterocycles. The molecule has 12 rings (SSSR count). The Morgan fingerprint density at radius 2 is 0.712 bits per heavy atom. The van der Waals surface area contributed by atoms with E-state index in [4.69, 9.17) is 0 Å². The molecule has 5 heteroatoms. The summed E-state index contributed by atoms with van der Waals surface area (Å²) in [5.41, 5.74) is 13.4. The minimum atomic E-state index is 1.08. The number of para-hydroxylation sites is 2. The first-order valence-electron chi connectivity index (χ1n) is 22.5. The lowest BCUT2D eigenvalue weighted by Crippen LogP contribution is -2.15. The number of hydrogen-bond acceptors (Lipinski definition) is 5.